The first-order chi connectivity index (χ1) is 14.5. The lowest BCUT2D eigenvalue weighted by Crippen LogP contribution is -2.57. The van der Waals surface area contributed by atoms with Crippen molar-refractivity contribution < 1.29 is 14.4 Å². The Labute approximate surface area is 173 Å². The van der Waals surface area contributed by atoms with Gasteiger partial charge in [0.25, 0.3) is 11.8 Å². The van der Waals surface area contributed by atoms with Gasteiger partial charge < -0.3 is 16.0 Å². The zero-order chi connectivity index (χ0) is 21.1. The predicted octanol–water partition coefficient (Wildman–Crippen LogP) is 2.25. The Morgan fingerprint density at radius 3 is 2.43 bits per heavy atom. The Balaban J connectivity index is 1.44. The number of carbonyl (C=O) groups is 3. The van der Waals surface area contributed by atoms with Crippen molar-refractivity contribution in [3.8, 4) is 0 Å². The third-order valence-corrected chi connectivity index (χ3v) is 4.64. The number of nitrogens with one attached hydrogen (secondary N) is 4. The van der Waals surface area contributed by atoms with Crippen LogP contribution in [0.15, 0.2) is 59.6 Å². The van der Waals surface area contributed by atoms with E-state index in [0.717, 1.165) is 12.8 Å². The minimum absolute atomic E-state index is 0.0239. The van der Waals surface area contributed by atoms with Gasteiger partial charge in [0, 0.05) is 17.4 Å². The molecule has 1 fully saturated rings. The van der Waals surface area contributed by atoms with Crippen molar-refractivity contribution in [1.29, 1.82) is 0 Å². The smallest absolute Gasteiger partial charge is 0.319 e. The van der Waals surface area contributed by atoms with Crippen molar-refractivity contribution in [2.75, 3.05) is 15.6 Å². The number of amidine groups is 1. The van der Waals surface area contributed by atoms with Gasteiger partial charge in [0.2, 0.25) is 5.84 Å². The fourth-order valence-corrected chi connectivity index (χ4v) is 2.95. The minimum atomic E-state index is -0.702. The van der Waals surface area contributed by atoms with Crippen LogP contribution in [0.5, 0.6) is 0 Å². The molecule has 2 aliphatic rings. The number of para-hydroxylation sites is 1. The number of benzene rings is 2. The predicted molar refractivity (Wildman–Crippen MR) is 114 cm³/mol. The van der Waals surface area contributed by atoms with Crippen LogP contribution in [-0.2, 0) is 9.59 Å². The van der Waals surface area contributed by atoms with Gasteiger partial charge in [-0.25, -0.2) is 14.8 Å². The maximum absolute atomic E-state index is 12.7. The van der Waals surface area contributed by atoms with Gasteiger partial charge in [0.15, 0.2) is 0 Å². The number of anilines is 3. The number of hydrazine groups is 1. The summed E-state index contributed by atoms with van der Waals surface area (Å²) in [6, 6.07) is 15.1. The topological polar surface area (TPSA) is 115 Å². The van der Waals surface area contributed by atoms with Gasteiger partial charge in [-0.05, 0) is 50.1 Å². The highest BCUT2D eigenvalue weighted by Gasteiger charge is 2.30. The monoisotopic (exact) mass is 406 g/mol. The van der Waals surface area contributed by atoms with Gasteiger partial charge >= 0.3 is 6.03 Å². The molecule has 0 radical (unpaired) electrons. The molecule has 154 valence electrons. The first kappa shape index (κ1) is 19.4. The molecule has 4 rings (SSSR count). The summed E-state index contributed by atoms with van der Waals surface area (Å²) in [5.74, 6) is -0.726. The normalized spacial score (nSPS) is 18.2. The molecule has 4 N–H and O–H groups in total. The Bertz CT molecular complexity index is 1000. The molecule has 0 spiro atoms. The summed E-state index contributed by atoms with van der Waals surface area (Å²) in [7, 11) is 0. The van der Waals surface area contributed by atoms with Crippen LogP contribution in [0.3, 0.4) is 0 Å². The zero-order valence-electron chi connectivity index (χ0n) is 16.4. The number of rotatable bonds is 5. The average Bonchev–Trinajstić information content (AvgIpc) is 3.54. The summed E-state index contributed by atoms with van der Waals surface area (Å²) in [5.41, 5.74) is 4.45. The summed E-state index contributed by atoms with van der Waals surface area (Å²) < 4.78 is 0. The van der Waals surface area contributed by atoms with Crippen LogP contribution >= 0.6 is 0 Å². The first-order valence-corrected chi connectivity index (χ1v) is 9.72. The van der Waals surface area contributed by atoms with Gasteiger partial charge in [0.05, 0.1) is 5.69 Å². The van der Waals surface area contributed by atoms with Crippen LogP contribution in [-0.4, -0.2) is 35.8 Å². The van der Waals surface area contributed by atoms with Gasteiger partial charge in [-0.3, -0.25) is 15.0 Å². The van der Waals surface area contributed by atoms with Crippen molar-refractivity contribution in [3.63, 3.8) is 0 Å². The summed E-state index contributed by atoms with van der Waals surface area (Å²) in [4.78, 5) is 41.3. The summed E-state index contributed by atoms with van der Waals surface area (Å²) >= 11 is 0. The van der Waals surface area contributed by atoms with E-state index in [1.165, 1.54) is 5.01 Å². The average molecular weight is 406 g/mol. The molecule has 4 amide bonds. The third kappa shape index (κ3) is 4.57. The van der Waals surface area contributed by atoms with Crippen LogP contribution in [0.2, 0.25) is 0 Å². The number of amides is 4. The molecule has 1 atom stereocenters. The number of carbonyl (C=O) groups excluding carboxylic acids is 3. The molecule has 1 aliphatic heterocycles. The number of hydrogen-bond donors (Lipinski definition) is 4. The number of nitrogens with zero attached hydrogens (tertiary/aromatic N) is 2. The van der Waals surface area contributed by atoms with Crippen molar-refractivity contribution in [2.45, 2.75) is 31.8 Å². The van der Waals surface area contributed by atoms with Crippen LogP contribution < -0.4 is 26.4 Å². The van der Waals surface area contributed by atoms with E-state index in [2.05, 4.69) is 26.4 Å². The molecule has 30 heavy (non-hydrogen) atoms. The Morgan fingerprint density at radius 2 is 1.73 bits per heavy atom. The molecule has 2 aromatic carbocycles. The Hall–Kier alpha value is -3.88. The van der Waals surface area contributed by atoms with E-state index in [1.54, 1.807) is 55.5 Å². The van der Waals surface area contributed by atoms with Crippen molar-refractivity contribution in [3.05, 3.63) is 54.6 Å². The fraction of sp³-hybridized carbons (Fsp3) is 0.238. The minimum Gasteiger partial charge on any atom is -0.335 e. The molecule has 2 aromatic rings. The highest BCUT2D eigenvalue weighted by atomic mass is 16.2. The van der Waals surface area contributed by atoms with E-state index in [1.807, 2.05) is 6.07 Å². The second-order valence-corrected chi connectivity index (χ2v) is 7.18. The molecule has 0 aromatic heterocycles. The lowest BCUT2D eigenvalue weighted by Gasteiger charge is -2.30. The van der Waals surface area contributed by atoms with E-state index >= 15 is 0 Å². The SMILES string of the molecule is C[C@@H]1N=C(C(=O)Nc2cccc(NC(=O)NC3CC3)c2)NN(c2ccccc2)C1=O. The lowest BCUT2D eigenvalue weighted by atomic mass is 10.2. The quantitative estimate of drug-likeness (QED) is 0.610. The Morgan fingerprint density at radius 1 is 1.03 bits per heavy atom. The van der Waals surface area contributed by atoms with E-state index in [9.17, 15) is 14.4 Å². The molecule has 1 heterocycles. The number of hydrogen-bond acceptors (Lipinski definition) is 5. The van der Waals surface area contributed by atoms with Crippen molar-refractivity contribution >= 4 is 40.7 Å². The summed E-state index contributed by atoms with van der Waals surface area (Å²) in [6.45, 7) is 1.63. The first-order valence-electron chi connectivity index (χ1n) is 9.72. The summed E-state index contributed by atoms with van der Waals surface area (Å²) in [6.07, 6.45) is 2.00. The Kier molecular flexibility index (Phi) is 5.34. The number of aliphatic imine (C=N–C) groups is 1. The third-order valence-electron chi connectivity index (χ3n) is 4.64. The van der Waals surface area contributed by atoms with Gasteiger partial charge in [-0.1, -0.05) is 24.3 Å². The van der Waals surface area contributed by atoms with Crippen molar-refractivity contribution in [2.24, 2.45) is 4.99 Å². The second-order valence-electron chi connectivity index (χ2n) is 7.18. The highest BCUT2D eigenvalue weighted by Crippen LogP contribution is 2.20. The standard InChI is InChI=1S/C21H22N6O3/c1-13-20(29)27(17-8-3-2-4-9-17)26-18(22-13)19(28)23-15-6-5-7-16(12-15)25-21(30)24-14-10-11-14/h2-9,12-14H,10-11H2,1H3,(H,22,26)(H,23,28)(H2,24,25,30)/t13-/m0/s1. The molecule has 1 aliphatic carbocycles. The van der Waals surface area contributed by atoms with Crippen LogP contribution in [0.1, 0.15) is 19.8 Å². The van der Waals surface area contributed by atoms with Gasteiger partial charge in [-0.2, -0.15) is 0 Å². The maximum Gasteiger partial charge on any atom is 0.319 e. The molecular weight excluding hydrogens is 384 g/mol. The molecular formula is C21H22N6O3. The number of urea groups is 1. The molecule has 9 nitrogen and oxygen atoms in total. The van der Waals surface area contributed by atoms with Crippen LogP contribution in [0, 0.1) is 0 Å². The zero-order valence-corrected chi connectivity index (χ0v) is 16.4. The van der Waals surface area contributed by atoms with Crippen molar-refractivity contribution in [1.82, 2.24) is 10.7 Å². The lowest BCUT2D eigenvalue weighted by molar-refractivity contribution is -0.120. The summed E-state index contributed by atoms with van der Waals surface area (Å²) in [5, 5.41) is 9.64. The largest absolute Gasteiger partial charge is 0.335 e. The molecule has 1 saturated carbocycles. The van der Waals surface area contributed by atoms with E-state index < -0.39 is 11.9 Å². The van der Waals surface area contributed by atoms with Gasteiger partial charge in [0.1, 0.15) is 6.04 Å². The molecule has 0 bridgehead atoms. The molecule has 0 unspecified atom stereocenters. The van der Waals surface area contributed by atoms with E-state index in [-0.39, 0.29) is 23.8 Å². The molecule has 0 saturated heterocycles. The maximum atomic E-state index is 12.7. The second kappa shape index (κ2) is 8.24. The van der Waals surface area contributed by atoms with Crippen LogP contribution in [0.25, 0.3) is 0 Å². The fourth-order valence-electron chi connectivity index (χ4n) is 2.95. The highest BCUT2D eigenvalue weighted by molar-refractivity contribution is 6.43. The van der Waals surface area contributed by atoms with E-state index in [0.29, 0.717) is 17.1 Å². The molecule has 9 heteroatoms. The van der Waals surface area contributed by atoms with Gasteiger partial charge in [-0.15, -0.1) is 0 Å². The van der Waals surface area contributed by atoms with Crippen LogP contribution in [0.4, 0.5) is 21.9 Å². The van der Waals surface area contributed by atoms with E-state index in [4.69, 9.17) is 0 Å².